The topological polar surface area (TPSA) is 64.1 Å². The Kier molecular flexibility index (Phi) is 6.89. The van der Waals surface area contributed by atoms with Crippen LogP contribution in [0.25, 0.3) is 0 Å². The van der Waals surface area contributed by atoms with E-state index in [9.17, 15) is 18.0 Å². The Morgan fingerprint density at radius 3 is 2.69 bits per heavy atom. The van der Waals surface area contributed by atoms with Gasteiger partial charge in [-0.15, -0.1) is 10.2 Å². The molecule has 0 bridgehead atoms. The summed E-state index contributed by atoms with van der Waals surface area (Å²) in [5.74, 6) is -0.364. The number of aryl methyl sites for hydroxylation is 1. The maximum absolute atomic E-state index is 13.2. The van der Waals surface area contributed by atoms with Gasteiger partial charge in [0, 0.05) is 19.6 Å². The van der Waals surface area contributed by atoms with Gasteiger partial charge in [-0.2, -0.15) is 13.2 Å². The zero-order chi connectivity index (χ0) is 20.9. The molecule has 3 rings (SSSR count). The zero-order valence-electron chi connectivity index (χ0n) is 16.2. The summed E-state index contributed by atoms with van der Waals surface area (Å²) in [5, 5.41) is 12.2. The highest BCUT2D eigenvalue weighted by Crippen LogP contribution is 2.39. The first-order valence-electron chi connectivity index (χ1n) is 9.74. The van der Waals surface area contributed by atoms with Gasteiger partial charge in [0.05, 0.1) is 11.0 Å². The third-order valence-electron chi connectivity index (χ3n) is 5.20. The van der Waals surface area contributed by atoms with Crippen LogP contribution in [0.3, 0.4) is 0 Å². The SMILES string of the molecule is CCCCCc1nnc(NC(=O)C2(c3cccc(C(F)(F)F)c3)CCOCC2)s1. The lowest BCUT2D eigenvalue weighted by atomic mass is 9.73. The van der Waals surface area contributed by atoms with E-state index in [0.29, 0.717) is 36.8 Å². The molecule has 1 saturated heterocycles. The van der Waals surface area contributed by atoms with Gasteiger partial charge in [-0.05, 0) is 30.9 Å². The van der Waals surface area contributed by atoms with E-state index >= 15 is 0 Å². The number of nitrogens with one attached hydrogen (secondary N) is 1. The van der Waals surface area contributed by atoms with Crippen molar-refractivity contribution >= 4 is 22.4 Å². The quantitative estimate of drug-likeness (QED) is 0.633. The molecule has 9 heteroatoms. The molecular formula is C20H24F3N3O2S. The van der Waals surface area contributed by atoms with Crippen LogP contribution < -0.4 is 5.32 Å². The molecule has 0 unspecified atom stereocenters. The standard InChI is InChI=1S/C20H24F3N3O2S/c1-2-3-4-8-16-25-26-18(29-16)24-17(27)19(9-11-28-12-10-19)14-6-5-7-15(13-14)20(21,22)23/h5-7,13H,2-4,8-12H2,1H3,(H,24,26,27). The molecule has 0 saturated carbocycles. The van der Waals surface area contributed by atoms with Crippen molar-refractivity contribution in [3.05, 3.63) is 40.4 Å². The van der Waals surface area contributed by atoms with Crippen LogP contribution >= 0.6 is 11.3 Å². The summed E-state index contributed by atoms with van der Waals surface area (Å²) < 4.78 is 45.0. The van der Waals surface area contributed by atoms with Gasteiger partial charge in [-0.25, -0.2) is 0 Å². The van der Waals surface area contributed by atoms with Gasteiger partial charge in [0.2, 0.25) is 11.0 Å². The third kappa shape index (κ3) is 5.14. The summed E-state index contributed by atoms with van der Waals surface area (Å²) in [5.41, 5.74) is -1.50. The molecule has 0 aliphatic carbocycles. The number of hydrogen-bond acceptors (Lipinski definition) is 5. The van der Waals surface area contributed by atoms with Crippen LogP contribution in [-0.2, 0) is 27.5 Å². The molecule has 1 aliphatic rings. The second-order valence-electron chi connectivity index (χ2n) is 7.19. The summed E-state index contributed by atoms with van der Waals surface area (Å²) in [7, 11) is 0. The minimum atomic E-state index is -4.47. The van der Waals surface area contributed by atoms with Crippen molar-refractivity contribution in [2.45, 2.75) is 57.0 Å². The van der Waals surface area contributed by atoms with Crippen LogP contribution in [-0.4, -0.2) is 29.3 Å². The number of halogens is 3. The van der Waals surface area contributed by atoms with Crippen LogP contribution in [0.15, 0.2) is 24.3 Å². The van der Waals surface area contributed by atoms with Gasteiger partial charge in [0.25, 0.3) is 0 Å². The molecule has 2 aromatic rings. The number of carbonyl (C=O) groups is 1. The first-order valence-corrected chi connectivity index (χ1v) is 10.6. The van der Waals surface area contributed by atoms with Crippen molar-refractivity contribution in [2.24, 2.45) is 0 Å². The van der Waals surface area contributed by atoms with Crippen molar-refractivity contribution in [2.75, 3.05) is 18.5 Å². The number of benzene rings is 1. The number of rotatable bonds is 7. The molecule has 0 spiro atoms. The van der Waals surface area contributed by atoms with E-state index in [0.717, 1.165) is 42.8 Å². The number of nitrogens with zero attached hydrogens (tertiary/aromatic N) is 2. The van der Waals surface area contributed by atoms with Crippen molar-refractivity contribution in [3.63, 3.8) is 0 Å². The summed E-state index contributed by atoms with van der Waals surface area (Å²) in [6.07, 6.45) is 0.151. The van der Waals surface area contributed by atoms with E-state index in [1.807, 2.05) is 0 Å². The second-order valence-corrected chi connectivity index (χ2v) is 8.25. The molecule has 1 fully saturated rings. The minimum absolute atomic E-state index is 0.308. The summed E-state index contributed by atoms with van der Waals surface area (Å²) in [6, 6.07) is 5.01. The Morgan fingerprint density at radius 1 is 1.24 bits per heavy atom. The summed E-state index contributed by atoms with van der Waals surface area (Å²) in [4.78, 5) is 13.2. The molecule has 0 atom stereocenters. The number of unbranched alkanes of at least 4 members (excludes halogenated alkanes) is 2. The normalized spacial score (nSPS) is 16.6. The fraction of sp³-hybridized carbons (Fsp3) is 0.550. The molecule has 2 heterocycles. The maximum Gasteiger partial charge on any atom is 0.416 e. The average Bonchev–Trinajstić information content (AvgIpc) is 3.15. The minimum Gasteiger partial charge on any atom is -0.381 e. The van der Waals surface area contributed by atoms with Gasteiger partial charge in [0.15, 0.2) is 0 Å². The number of ether oxygens (including phenoxy) is 1. The lowest BCUT2D eigenvalue weighted by molar-refractivity contribution is -0.138. The van der Waals surface area contributed by atoms with E-state index in [2.05, 4.69) is 22.4 Å². The maximum atomic E-state index is 13.2. The highest BCUT2D eigenvalue weighted by molar-refractivity contribution is 7.15. The Balaban J connectivity index is 1.82. The van der Waals surface area contributed by atoms with Gasteiger partial charge in [0.1, 0.15) is 5.01 Å². The van der Waals surface area contributed by atoms with Gasteiger partial charge in [-0.3, -0.25) is 10.1 Å². The number of aromatic nitrogens is 2. The van der Waals surface area contributed by atoms with Crippen molar-refractivity contribution in [1.29, 1.82) is 0 Å². The van der Waals surface area contributed by atoms with Crippen LogP contribution in [0, 0.1) is 0 Å². The lowest BCUT2D eigenvalue weighted by Crippen LogP contribution is -2.45. The molecule has 0 radical (unpaired) electrons. The first-order chi connectivity index (χ1) is 13.8. The van der Waals surface area contributed by atoms with Crippen molar-refractivity contribution in [3.8, 4) is 0 Å². The number of carbonyl (C=O) groups excluding carboxylic acids is 1. The number of hydrogen-bond donors (Lipinski definition) is 1. The van der Waals surface area contributed by atoms with Crippen LogP contribution in [0.2, 0.25) is 0 Å². The fourth-order valence-corrected chi connectivity index (χ4v) is 4.28. The molecule has 29 heavy (non-hydrogen) atoms. The second kappa shape index (κ2) is 9.21. The molecule has 1 N–H and O–H groups in total. The van der Waals surface area contributed by atoms with E-state index in [-0.39, 0.29) is 5.91 Å². The van der Waals surface area contributed by atoms with E-state index in [4.69, 9.17) is 4.74 Å². The monoisotopic (exact) mass is 427 g/mol. The molecule has 1 aromatic carbocycles. The van der Waals surface area contributed by atoms with Gasteiger partial charge < -0.3 is 4.74 Å². The molecule has 1 amide bonds. The summed E-state index contributed by atoms with van der Waals surface area (Å²) >= 11 is 1.31. The predicted molar refractivity (Wildman–Crippen MR) is 105 cm³/mol. The number of alkyl halides is 3. The molecule has 1 aliphatic heterocycles. The van der Waals surface area contributed by atoms with Crippen molar-refractivity contribution < 1.29 is 22.7 Å². The summed E-state index contributed by atoms with van der Waals surface area (Å²) in [6.45, 7) is 2.73. The fourth-order valence-electron chi connectivity index (χ4n) is 3.51. The first kappa shape index (κ1) is 21.7. The Hall–Kier alpha value is -2.00. The van der Waals surface area contributed by atoms with Gasteiger partial charge >= 0.3 is 6.18 Å². The third-order valence-corrected chi connectivity index (χ3v) is 6.10. The Morgan fingerprint density at radius 2 is 2.00 bits per heavy atom. The zero-order valence-corrected chi connectivity index (χ0v) is 17.0. The van der Waals surface area contributed by atoms with Gasteiger partial charge in [-0.1, -0.05) is 49.3 Å². The highest BCUT2D eigenvalue weighted by atomic mass is 32.1. The van der Waals surface area contributed by atoms with Crippen LogP contribution in [0.4, 0.5) is 18.3 Å². The predicted octanol–water partition coefficient (Wildman–Crippen LogP) is 4.98. The number of anilines is 1. The molecule has 158 valence electrons. The molecule has 5 nitrogen and oxygen atoms in total. The Labute approximate surface area is 171 Å². The molecule has 1 aromatic heterocycles. The van der Waals surface area contributed by atoms with E-state index < -0.39 is 17.2 Å². The lowest BCUT2D eigenvalue weighted by Gasteiger charge is -2.36. The smallest absolute Gasteiger partial charge is 0.381 e. The van der Waals surface area contributed by atoms with Crippen LogP contribution in [0.5, 0.6) is 0 Å². The average molecular weight is 427 g/mol. The van der Waals surface area contributed by atoms with Crippen molar-refractivity contribution in [1.82, 2.24) is 10.2 Å². The largest absolute Gasteiger partial charge is 0.416 e. The van der Waals surface area contributed by atoms with E-state index in [1.54, 1.807) is 6.07 Å². The molecular weight excluding hydrogens is 403 g/mol. The van der Waals surface area contributed by atoms with Crippen LogP contribution in [0.1, 0.15) is 55.2 Å². The Bertz CT molecular complexity index is 832. The highest BCUT2D eigenvalue weighted by Gasteiger charge is 2.43. The number of amides is 1. The van der Waals surface area contributed by atoms with E-state index in [1.165, 1.54) is 17.4 Å².